The first kappa shape index (κ1) is 14.0. The van der Waals surface area contributed by atoms with Gasteiger partial charge < -0.3 is 5.73 Å². The Kier molecular flexibility index (Phi) is 5.22. The molecule has 18 heavy (non-hydrogen) atoms. The molecule has 0 saturated carbocycles. The lowest BCUT2D eigenvalue weighted by molar-refractivity contribution is 0.0985. The van der Waals surface area contributed by atoms with E-state index in [4.69, 9.17) is 5.73 Å². The summed E-state index contributed by atoms with van der Waals surface area (Å²) in [5.41, 5.74) is 6.01. The van der Waals surface area contributed by atoms with Crippen molar-refractivity contribution in [2.24, 2.45) is 11.7 Å². The molecule has 2 atom stereocenters. The van der Waals surface area contributed by atoms with Crippen LogP contribution in [0, 0.1) is 5.92 Å². The molecule has 3 heteroatoms. The topological polar surface area (TPSA) is 29.3 Å². The van der Waals surface area contributed by atoms with Gasteiger partial charge in [-0.15, -0.1) is 11.3 Å². The first-order valence-electron chi connectivity index (χ1n) is 7.32. The second-order valence-electron chi connectivity index (χ2n) is 5.28. The summed E-state index contributed by atoms with van der Waals surface area (Å²) in [5.74, 6) is 0.647. The third-order valence-electron chi connectivity index (χ3n) is 4.00. The molecule has 1 fully saturated rings. The van der Waals surface area contributed by atoms with Crippen LogP contribution in [0.2, 0.25) is 0 Å². The third-order valence-corrected chi connectivity index (χ3v) is 5.30. The van der Waals surface area contributed by atoms with Crippen LogP contribution in [0.3, 0.4) is 0 Å². The molecule has 1 aliphatic heterocycles. The molecule has 0 spiro atoms. The van der Waals surface area contributed by atoms with Crippen LogP contribution in [-0.4, -0.2) is 24.5 Å². The minimum absolute atomic E-state index is 0.578. The zero-order valence-electron chi connectivity index (χ0n) is 11.7. The molecule has 0 aromatic carbocycles. The van der Waals surface area contributed by atoms with Crippen LogP contribution in [0.15, 0.2) is 12.1 Å². The summed E-state index contributed by atoms with van der Waals surface area (Å²) in [5, 5.41) is 0. The zero-order valence-corrected chi connectivity index (χ0v) is 12.5. The Balaban J connectivity index is 2.21. The van der Waals surface area contributed by atoms with Crippen molar-refractivity contribution in [2.75, 3.05) is 19.6 Å². The molecule has 1 aromatic rings. The SMILES string of the molecule is CCCN1CCCC(CN)C1c1ccc(CC)s1. The number of hydrogen-bond acceptors (Lipinski definition) is 3. The van der Waals surface area contributed by atoms with Crippen molar-refractivity contribution in [3.63, 3.8) is 0 Å². The maximum atomic E-state index is 6.01. The summed E-state index contributed by atoms with van der Waals surface area (Å²) in [6, 6.07) is 5.21. The molecular weight excluding hydrogens is 240 g/mol. The summed E-state index contributed by atoms with van der Waals surface area (Å²) in [7, 11) is 0. The molecule has 2 nitrogen and oxygen atoms in total. The Morgan fingerprint density at radius 1 is 1.39 bits per heavy atom. The van der Waals surface area contributed by atoms with Gasteiger partial charge in [-0.05, 0) is 63.4 Å². The van der Waals surface area contributed by atoms with Crippen molar-refractivity contribution in [1.29, 1.82) is 0 Å². The molecule has 102 valence electrons. The second-order valence-corrected chi connectivity index (χ2v) is 6.48. The normalized spacial score (nSPS) is 25.5. The highest BCUT2D eigenvalue weighted by molar-refractivity contribution is 7.12. The number of hydrogen-bond donors (Lipinski definition) is 1. The molecule has 1 aliphatic rings. The fourth-order valence-corrected chi connectivity index (χ4v) is 4.27. The van der Waals surface area contributed by atoms with E-state index in [1.807, 2.05) is 11.3 Å². The first-order chi connectivity index (χ1) is 8.80. The van der Waals surface area contributed by atoms with Gasteiger partial charge in [-0.3, -0.25) is 4.90 Å². The standard InChI is InChI=1S/C15H26N2S/c1-3-9-17-10-5-6-12(11-16)15(17)14-8-7-13(4-2)18-14/h7-8,12,15H,3-6,9-11,16H2,1-2H3. The smallest absolute Gasteiger partial charge is 0.0481 e. The largest absolute Gasteiger partial charge is 0.330 e. The Morgan fingerprint density at radius 3 is 2.83 bits per heavy atom. The number of aryl methyl sites for hydroxylation is 1. The van der Waals surface area contributed by atoms with E-state index < -0.39 is 0 Å². The lowest BCUT2D eigenvalue weighted by atomic mass is 9.88. The fraction of sp³-hybridized carbons (Fsp3) is 0.733. The van der Waals surface area contributed by atoms with Crippen molar-refractivity contribution < 1.29 is 0 Å². The van der Waals surface area contributed by atoms with E-state index in [2.05, 4.69) is 30.9 Å². The van der Waals surface area contributed by atoms with E-state index in [0.717, 1.165) is 13.0 Å². The number of nitrogens with zero attached hydrogens (tertiary/aromatic N) is 1. The third kappa shape index (κ3) is 2.95. The van der Waals surface area contributed by atoms with Gasteiger partial charge in [-0.25, -0.2) is 0 Å². The molecule has 2 heterocycles. The van der Waals surface area contributed by atoms with Crippen molar-refractivity contribution in [2.45, 2.75) is 45.6 Å². The number of rotatable bonds is 5. The molecule has 1 saturated heterocycles. The number of likely N-dealkylation sites (tertiary alicyclic amines) is 1. The van der Waals surface area contributed by atoms with Crippen LogP contribution >= 0.6 is 11.3 Å². The van der Waals surface area contributed by atoms with E-state index in [0.29, 0.717) is 12.0 Å². The summed E-state index contributed by atoms with van der Waals surface area (Å²) >= 11 is 1.99. The molecule has 2 unspecified atom stereocenters. The van der Waals surface area contributed by atoms with Gasteiger partial charge in [0, 0.05) is 15.8 Å². The van der Waals surface area contributed by atoms with E-state index in [9.17, 15) is 0 Å². The van der Waals surface area contributed by atoms with Gasteiger partial charge in [0.05, 0.1) is 0 Å². The minimum atomic E-state index is 0.578. The van der Waals surface area contributed by atoms with E-state index in [-0.39, 0.29) is 0 Å². The molecule has 1 aromatic heterocycles. The van der Waals surface area contributed by atoms with Gasteiger partial charge in [0.15, 0.2) is 0 Å². The summed E-state index contributed by atoms with van der Waals surface area (Å²) in [6.07, 6.45) is 4.99. The van der Waals surface area contributed by atoms with Crippen molar-refractivity contribution in [3.8, 4) is 0 Å². The van der Waals surface area contributed by atoms with Crippen molar-refractivity contribution >= 4 is 11.3 Å². The summed E-state index contributed by atoms with van der Waals surface area (Å²) < 4.78 is 0. The molecule has 0 amide bonds. The van der Waals surface area contributed by atoms with Gasteiger partial charge in [-0.1, -0.05) is 13.8 Å². The van der Waals surface area contributed by atoms with E-state index in [1.54, 1.807) is 0 Å². The van der Waals surface area contributed by atoms with Crippen molar-refractivity contribution in [1.82, 2.24) is 4.90 Å². The molecule has 0 radical (unpaired) electrons. The lowest BCUT2D eigenvalue weighted by Gasteiger charge is -2.40. The summed E-state index contributed by atoms with van der Waals surface area (Å²) in [6.45, 7) is 7.79. The van der Waals surface area contributed by atoms with Gasteiger partial charge in [0.25, 0.3) is 0 Å². The van der Waals surface area contributed by atoms with E-state index >= 15 is 0 Å². The number of piperidine rings is 1. The first-order valence-corrected chi connectivity index (χ1v) is 8.14. The number of nitrogens with two attached hydrogens (primary N) is 1. The quantitative estimate of drug-likeness (QED) is 0.884. The van der Waals surface area contributed by atoms with Gasteiger partial charge in [-0.2, -0.15) is 0 Å². The average molecular weight is 266 g/mol. The Hall–Kier alpha value is -0.380. The second kappa shape index (κ2) is 6.69. The molecule has 0 bridgehead atoms. The van der Waals surface area contributed by atoms with Crippen LogP contribution in [-0.2, 0) is 6.42 Å². The van der Waals surface area contributed by atoms with Crippen molar-refractivity contribution in [3.05, 3.63) is 21.9 Å². The Bertz CT molecular complexity index is 359. The zero-order chi connectivity index (χ0) is 13.0. The van der Waals surface area contributed by atoms with E-state index in [1.165, 1.54) is 42.1 Å². The van der Waals surface area contributed by atoms with Crippen LogP contribution < -0.4 is 5.73 Å². The predicted octanol–water partition coefficient (Wildman–Crippen LogP) is 3.43. The predicted molar refractivity (Wildman–Crippen MR) is 80.1 cm³/mol. The highest BCUT2D eigenvalue weighted by atomic mass is 32.1. The van der Waals surface area contributed by atoms with Crippen LogP contribution in [0.4, 0.5) is 0 Å². The monoisotopic (exact) mass is 266 g/mol. The van der Waals surface area contributed by atoms with Gasteiger partial charge in [0.2, 0.25) is 0 Å². The maximum Gasteiger partial charge on any atom is 0.0481 e. The Labute approximate surface area is 115 Å². The molecule has 2 N–H and O–H groups in total. The maximum absolute atomic E-state index is 6.01. The summed E-state index contributed by atoms with van der Waals surface area (Å²) in [4.78, 5) is 5.70. The number of thiophene rings is 1. The van der Waals surface area contributed by atoms with Gasteiger partial charge in [0.1, 0.15) is 0 Å². The highest BCUT2D eigenvalue weighted by Crippen LogP contribution is 2.38. The molecule has 2 rings (SSSR count). The molecular formula is C15H26N2S. The lowest BCUT2D eigenvalue weighted by Crippen LogP contribution is -2.41. The van der Waals surface area contributed by atoms with Crippen LogP contribution in [0.25, 0.3) is 0 Å². The Morgan fingerprint density at radius 2 is 2.22 bits per heavy atom. The van der Waals surface area contributed by atoms with Crippen LogP contribution in [0.5, 0.6) is 0 Å². The van der Waals surface area contributed by atoms with Gasteiger partial charge >= 0.3 is 0 Å². The highest BCUT2D eigenvalue weighted by Gasteiger charge is 2.32. The fourth-order valence-electron chi connectivity index (χ4n) is 3.09. The average Bonchev–Trinajstić information content (AvgIpc) is 2.87. The van der Waals surface area contributed by atoms with Crippen LogP contribution in [0.1, 0.15) is 48.9 Å². The molecule has 0 aliphatic carbocycles. The minimum Gasteiger partial charge on any atom is -0.330 e.